The SMILES string of the molecule is CCOC(=O)c1cccc(N)c1Nc1ccc(SC)cc1. The van der Waals surface area contributed by atoms with Crippen molar-refractivity contribution >= 4 is 34.8 Å². The fourth-order valence-electron chi connectivity index (χ4n) is 1.91. The van der Waals surface area contributed by atoms with Gasteiger partial charge in [-0.25, -0.2) is 4.79 Å². The fraction of sp³-hybridized carbons (Fsp3) is 0.188. The van der Waals surface area contributed by atoms with Crippen LogP contribution in [0.1, 0.15) is 17.3 Å². The van der Waals surface area contributed by atoms with Gasteiger partial charge in [0.1, 0.15) is 0 Å². The molecule has 0 fully saturated rings. The monoisotopic (exact) mass is 302 g/mol. The number of carbonyl (C=O) groups excluding carboxylic acids is 1. The van der Waals surface area contributed by atoms with Crippen LogP contribution in [0.25, 0.3) is 0 Å². The number of rotatable bonds is 5. The minimum atomic E-state index is -0.381. The van der Waals surface area contributed by atoms with Crippen LogP contribution in [-0.2, 0) is 4.74 Å². The molecule has 21 heavy (non-hydrogen) atoms. The van der Waals surface area contributed by atoms with Crippen molar-refractivity contribution in [1.82, 2.24) is 0 Å². The van der Waals surface area contributed by atoms with Gasteiger partial charge in [0.25, 0.3) is 0 Å². The highest BCUT2D eigenvalue weighted by Gasteiger charge is 2.14. The second-order valence-corrected chi connectivity index (χ2v) is 5.22. The number of nitrogen functional groups attached to an aromatic ring is 1. The summed E-state index contributed by atoms with van der Waals surface area (Å²) in [6.07, 6.45) is 2.02. The number of hydrogen-bond acceptors (Lipinski definition) is 5. The van der Waals surface area contributed by atoms with E-state index >= 15 is 0 Å². The molecule has 0 bridgehead atoms. The Balaban J connectivity index is 2.31. The molecule has 5 heteroatoms. The zero-order valence-corrected chi connectivity index (χ0v) is 12.9. The number of nitrogens with one attached hydrogen (secondary N) is 1. The Hall–Kier alpha value is -2.14. The minimum absolute atomic E-state index is 0.329. The zero-order chi connectivity index (χ0) is 15.2. The third-order valence-corrected chi connectivity index (χ3v) is 3.69. The van der Waals surface area contributed by atoms with E-state index in [1.165, 1.54) is 4.90 Å². The first kappa shape index (κ1) is 15.3. The van der Waals surface area contributed by atoms with Crippen molar-refractivity contribution in [2.45, 2.75) is 11.8 Å². The molecule has 2 aromatic carbocycles. The topological polar surface area (TPSA) is 64.3 Å². The molecule has 2 rings (SSSR count). The highest BCUT2D eigenvalue weighted by molar-refractivity contribution is 7.98. The third-order valence-electron chi connectivity index (χ3n) is 2.95. The molecule has 0 heterocycles. The van der Waals surface area contributed by atoms with Crippen molar-refractivity contribution < 1.29 is 9.53 Å². The van der Waals surface area contributed by atoms with Gasteiger partial charge in [0.2, 0.25) is 0 Å². The van der Waals surface area contributed by atoms with E-state index in [4.69, 9.17) is 10.5 Å². The van der Waals surface area contributed by atoms with Gasteiger partial charge in [-0.15, -0.1) is 11.8 Å². The highest BCUT2D eigenvalue weighted by Crippen LogP contribution is 2.29. The quantitative estimate of drug-likeness (QED) is 0.498. The van der Waals surface area contributed by atoms with E-state index in [9.17, 15) is 4.79 Å². The minimum Gasteiger partial charge on any atom is -0.462 e. The maximum absolute atomic E-state index is 12.0. The van der Waals surface area contributed by atoms with Crippen LogP contribution in [-0.4, -0.2) is 18.8 Å². The maximum atomic E-state index is 12.0. The average molecular weight is 302 g/mol. The molecule has 0 aliphatic heterocycles. The summed E-state index contributed by atoms with van der Waals surface area (Å²) >= 11 is 1.68. The molecule has 0 aliphatic rings. The molecule has 0 radical (unpaired) electrons. The lowest BCUT2D eigenvalue weighted by molar-refractivity contribution is 0.0527. The summed E-state index contributed by atoms with van der Waals surface area (Å²) in [4.78, 5) is 13.2. The van der Waals surface area contributed by atoms with Crippen LogP contribution in [0, 0.1) is 0 Å². The zero-order valence-electron chi connectivity index (χ0n) is 12.1. The number of ether oxygens (including phenoxy) is 1. The molecular weight excluding hydrogens is 284 g/mol. The summed E-state index contributed by atoms with van der Waals surface area (Å²) in [7, 11) is 0. The summed E-state index contributed by atoms with van der Waals surface area (Å²) in [5.74, 6) is -0.381. The van der Waals surface area contributed by atoms with E-state index in [2.05, 4.69) is 5.32 Å². The van der Waals surface area contributed by atoms with Crippen molar-refractivity contribution in [3.63, 3.8) is 0 Å². The average Bonchev–Trinajstić information content (AvgIpc) is 2.50. The Morgan fingerprint density at radius 1 is 1.24 bits per heavy atom. The van der Waals surface area contributed by atoms with Crippen molar-refractivity contribution in [2.24, 2.45) is 0 Å². The lowest BCUT2D eigenvalue weighted by Gasteiger charge is -2.14. The summed E-state index contributed by atoms with van der Waals surface area (Å²) in [5, 5.41) is 3.20. The second-order valence-electron chi connectivity index (χ2n) is 4.34. The van der Waals surface area contributed by atoms with Crippen LogP contribution in [0.4, 0.5) is 17.1 Å². The molecule has 3 N–H and O–H groups in total. The number of thioether (sulfide) groups is 1. The van der Waals surface area contributed by atoms with Crippen molar-refractivity contribution in [3.8, 4) is 0 Å². The molecule has 0 aromatic heterocycles. The maximum Gasteiger partial charge on any atom is 0.340 e. The van der Waals surface area contributed by atoms with Crippen LogP contribution in [0.5, 0.6) is 0 Å². The number of para-hydroxylation sites is 1. The second kappa shape index (κ2) is 7.04. The predicted molar refractivity (Wildman–Crippen MR) is 88.3 cm³/mol. The smallest absolute Gasteiger partial charge is 0.340 e. The first-order valence-corrected chi connectivity index (χ1v) is 7.85. The summed E-state index contributed by atoms with van der Waals surface area (Å²) < 4.78 is 5.06. The Morgan fingerprint density at radius 2 is 1.95 bits per heavy atom. The summed E-state index contributed by atoms with van der Waals surface area (Å²) in [5.41, 5.74) is 8.38. The first-order chi connectivity index (χ1) is 10.2. The Bertz CT molecular complexity index is 627. The van der Waals surface area contributed by atoms with E-state index in [1.807, 2.05) is 30.5 Å². The molecule has 4 nitrogen and oxygen atoms in total. The molecule has 0 aliphatic carbocycles. The normalized spacial score (nSPS) is 10.2. The number of carbonyl (C=O) groups is 1. The number of hydrogen-bond donors (Lipinski definition) is 2. The molecule has 0 unspecified atom stereocenters. The van der Waals surface area contributed by atoms with Gasteiger partial charge < -0.3 is 15.8 Å². The summed E-state index contributed by atoms with van der Waals surface area (Å²) in [6, 6.07) is 13.1. The lowest BCUT2D eigenvalue weighted by atomic mass is 10.1. The predicted octanol–water partition coefficient (Wildman–Crippen LogP) is 3.91. The van der Waals surface area contributed by atoms with Crippen LogP contribution >= 0.6 is 11.8 Å². The van der Waals surface area contributed by atoms with Gasteiger partial charge in [0.15, 0.2) is 0 Å². The Labute approximate surface area is 128 Å². The molecule has 2 aromatic rings. The Kier molecular flexibility index (Phi) is 5.11. The fourth-order valence-corrected chi connectivity index (χ4v) is 2.32. The van der Waals surface area contributed by atoms with Crippen LogP contribution in [0.15, 0.2) is 47.4 Å². The number of anilines is 3. The molecule has 0 saturated carbocycles. The van der Waals surface area contributed by atoms with E-state index < -0.39 is 0 Å². The van der Waals surface area contributed by atoms with E-state index in [-0.39, 0.29) is 5.97 Å². The Morgan fingerprint density at radius 3 is 2.57 bits per heavy atom. The van der Waals surface area contributed by atoms with Crippen molar-refractivity contribution in [1.29, 1.82) is 0 Å². The highest BCUT2D eigenvalue weighted by atomic mass is 32.2. The van der Waals surface area contributed by atoms with Gasteiger partial charge in [0.05, 0.1) is 23.5 Å². The van der Waals surface area contributed by atoms with Gasteiger partial charge in [0, 0.05) is 10.6 Å². The largest absolute Gasteiger partial charge is 0.462 e. The standard InChI is InChI=1S/C16H18N2O2S/c1-3-20-16(19)13-5-4-6-14(17)15(13)18-11-7-9-12(21-2)10-8-11/h4-10,18H,3,17H2,1-2H3. The molecule has 0 saturated heterocycles. The first-order valence-electron chi connectivity index (χ1n) is 6.62. The number of esters is 1. The lowest BCUT2D eigenvalue weighted by Crippen LogP contribution is -2.09. The summed E-state index contributed by atoms with van der Waals surface area (Å²) in [6.45, 7) is 2.11. The van der Waals surface area contributed by atoms with Gasteiger partial charge >= 0.3 is 5.97 Å². The van der Waals surface area contributed by atoms with E-state index in [1.54, 1.807) is 36.9 Å². The number of nitrogens with two attached hydrogens (primary N) is 1. The molecule has 0 spiro atoms. The van der Waals surface area contributed by atoms with Gasteiger partial charge in [-0.3, -0.25) is 0 Å². The molecule has 0 atom stereocenters. The molecule has 0 amide bonds. The molecule has 110 valence electrons. The van der Waals surface area contributed by atoms with Crippen molar-refractivity contribution in [2.75, 3.05) is 23.9 Å². The van der Waals surface area contributed by atoms with E-state index in [0.717, 1.165) is 5.69 Å². The van der Waals surface area contributed by atoms with Gasteiger partial charge in [-0.2, -0.15) is 0 Å². The van der Waals surface area contributed by atoms with Crippen LogP contribution in [0.2, 0.25) is 0 Å². The van der Waals surface area contributed by atoms with Gasteiger partial charge in [-0.1, -0.05) is 6.07 Å². The van der Waals surface area contributed by atoms with Gasteiger partial charge in [-0.05, 0) is 49.6 Å². The number of benzene rings is 2. The third kappa shape index (κ3) is 3.70. The van der Waals surface area contributed by atoms with Crippen molar-refractivity contribution in [3.05, 3.63) is 48.0 Å². The molecular formula is C16H18N2O2S. The van der Waals surface area contributed by atoms with Crippen LogP contribution in [0.3, 0.4) is 0 Å². The van der Waals surface area contributed by atoms with Crippen LogP contribution < -0.4 is 11.1 Å². The van der Waals surface area contributed by atoms with E-state index in [0.29, 0.717) is 23.5 Å².